The monoisotopic (exact) mass is 114 g/mol. The first-order chi connectivity index (χ1) is 1.41. The normalized spacial score (nSPS) is 3.60. The molecule has 0 aliphatic carbocycles. The molecule has 2 heteroatoms. The Labute approximate surface area is 57.8 Å². The molecule has 32 valence electrons. The van der Waals surface area contributed by atoms with Gasteiger partial charge in [0.15, 0.2) is 0 Å². The van der Waals surface area contributed by atoms with Gasteiger partial charge >= 0.3 is 35.9 Å². The zero-order chi connectivity index (χ0) is 2.71. The third-order valence-electron chi connectivity index (χ3n) is 0. The maximum atomic E-state index is 2.00. The minimum Gasteiger partial charge on any atom is -1.00 e. The van der Waals surface area contributed by atoms with E-state index in [0.29, 0.717) is 0 Å². The minimum atomic E-state index is 0. The van der Waals surface area contributed by atoms with Crippen LogP contribution >= 0.6 is 0 Å². The summed E-state index contributed by atoms with van der Waals surface area (Å²) >= 11 is 0. The summed E-state index contributed by atoms with van der Waals surface area (Å²) in [7, 11) is 0. The van der Waals surface area contributed by atoms with Gasteiger partial charge in [0.25, 0.3) is 0 Å². The first-order valence-corrected chi connectivity index (χ1v) is 1.15. The Morgan fingerprint density at radius 2 is 1.40 bits per heavy atom. The molecule has 0 atom stereocenters. The molecular formula is C3H8CuLi. The van der Waals surface area contributed by atoms with Crippen molar-refractivity contribution in [3.8, 4) is 0 Å². The van der Waals surface area contributed by atoms with E-state index >= 15 is 0 Å². The summed E-state index contributed by atoms with van der Waals surface area (Å²) in [6.45, 7) is 4.00. The standard InChI is InChI=1S/C3H7.Cu.Li.H/c1-3-2;;;/h3H,1-2H3;;;/q-1;2*+1;-1. The fourth-order valence-corrected chi connectivity index (χ4v) is 0. The van der Waals surface area contributed by atoms with Gasteiger partial charge in [0, 0.05) is 0 Å². The summed E-state index contributed by atoms with van der Waals surface area (Å²) in [6.07, 6.45) is 2.00. The molecule has 0 radical (unpaired) electrons. The van der Waals surface area contributed by atoms with Crippen LogP contribution in [-0.4, -0.2) is 0 Å². The molecule has 0 aromatic rings. The Bertz CT molecular complexity index is 10.8. The Kier molecular flexibility index (Phi) is 63.8. The zero-order valence-electron chi connectivity index (χ0n) is 4.88. The van der Waals surface area contributed by atoms with Crippen LogP contribution in [0, 0.1) is 6.42 Å². The second-order valence-electron chi connectivity index (χ2n) is 0.577. The molecule has 0 heterocycles. The van der Waals surface area contributed by atoms with E-state index in [-0.39, 0.29) is 37.4 Å². The van der Waals surface area contributed by atoms with E-state index in [1.54, 1.807) is 0 Å². The predicted octanol–water partition coefficient (Wildman–Crippen LogP) is -1.66. The molecule has 0 spiro atoms. The molecule has 0 amide bonds. The van der Waals surface area contributed by atoms with Crippen LogP contribution in [0.15, 0.2) is 0 Å². The SMILES string of the molecule is C[CH-]C.[Cu+].[H-].[Li+]. The van der Waals surface area contributed by atoms with Crippen molar-refractivity contribution in [2.45, 2.75) is 13.8 Å². The average Bonchev–Trinajstić information content (AvgIpc) is 0.918. The van der Waals surface area contributed by atoms with Crippen molar-refractivity contribution >= 4 is 0 Å². The van der Waals surface area contributed by atoms with E-state index in [1.165, 1.54) is 0 Å². The molecule has 5 heavy (non-hydrogen) atoms. The Balaban J connectivity index is -0.00000000667. The van der Waals surface area contributed by atoms with Crippen molar-refractivity contribution in [2.24, 2.45) is 0 Å². The fourth-order valence-electron chi connectivity index (χ4n) is 0. The van der Waals surface area contributed by atoms with E-state index in [9.17, 15) is 0 Å². The number of hydrogen-bond donors (Lipinski definition) is 0. The van der Waals surface area contributed by atoms with Gasteiger partial charge in [-0.1, -0.05) is 0 Å². The predicted molar refractivity (Wildman–Crippen MR) is 16.8 cm³/mol. The maximum absolute atomic E-state index is 2.00. The molecule has 0 rings (SSSR count). The quantitative estimate of drug-likeness (QED) is 0.261. The van der Waals surface area contributed by atoms with Gasteiger partial charge in [-0.3, -0.25) is 0 Å². The number of rotatable bonds is 0. The molecule has 0 bridgehead atoms. The van der Waals surface area contributed by atoms with E-state index in [4.69, 9.17) is 0 Å². The topological polar surface area (TPSA) is 0 Å². The van der Waals surface area contributed by atoms with Gasteiger partial charge in [0.1, 0.15) is 0 Å². The molecule has 0 N–H and O–H groups in total. The Morgan fingerprint density at radius 3 is 1.40 bits per heavy atom. The van der Waals surface area contributed by atoms with Crippen LogP contribution in [0.4, 0.5) is 0 Å². The summed E-state index contributed by atoms with van der Waals surface area (Å²) in [5, 5.41) is 0. The van der Waals surface area contributed by atoms with Crippen LogP contribution in [-0.2, 0) is 17.1 Å². The van der Waals surface area contributed by atoms with Gasteiger partial charge in [-0.05, 0) is 0 Å². The summed E-state index contributed by atoms with van der Waals surface area (Å²) in [4.78, 5) is 0. The third-order valence-corrected chi connectivity index (χ3v) is 0. The van der Waals surface area contributed by atoms with E-state index < -0.39 is 0 Å². The molecule has 0 aromatic carbocycles. The summed E-state index contributed by atoms with van der Waals surface area (Å²) < 4.78 is 0. The van der Waals surface area contributed by atoms with Gasteiger partial charge in [0.2, 0.25) is 0 Å². The van der Waals surface area contributed by atoms with Crippen molar-refractivity contribution in [1.82, 2.24) is 0 Å². The summed E-state index contributed by atoms with van der Waals surface area (Å²) in [5.41, 5.74) is 0. The van der Waals surface area contributed by atoms with E-state index in [2.05, 4.69) is 0 Å². The fraction of sp³-hybridized carbons (Fsp3) is 0.667. The number of hydrogen-bond acceptors (Lipinski definition) is 0. The molecule has 0 saturated heterocycles. The molecular weight excluding hydrogens is 107 g/mol. The molecule has 0 aromatic heterocycles. The van der Waals surface area contributed by atoms with Crippen molar-refractivity contribution in [3.05, 3.63) is 6.42 Å². The van der Waals surface area contributed by atoms with Crippen LogP contribution in [0.3, 0.4) is 0 Å². The first-order valence-electron chi connectivity index (χ1n) is 1.15. The van der Waals surface area contributed by atoms with Gasteiger partial charge in [-0.2, -0.15) is 13.8 Å². The van der Waals surface area contributed by atoms with Gasteiger partial charge in [0.05, 0.1) is 0 Å². The van der Waals surface area contributed by atoms with Crippen LogP contribution in [0.2, 0.25) is 0 Å². The first kappa shape index (κ1) is 16.5. The van der Waals surface area contributed by atoms with Crippen molar-refractivity contribution < 1.29 is 37.4 Å². The smallest absolute Gasteiger partial charge is 1.00 e. The molecule has 0 aliphatic heterocycles. The minimum absolute atomic E-state index is 0. The maximum Gasteiger partial charge on any atom is 1.00 e. The molecule has 0 unspecified atom stereocenters. The third kappa shape index (κ3) is 39.9. The average molecular weight is 115 g/mol. The second-order valence-corrected chi connectivity index (χ2v) is 0.577. The molecule has 0 saturated carbocycles. The van der Waals surface area contributed by atoms with Crippen LogP contribution < -0.4 is 18.9 Å². The van der Waals surface area contributed by atoms with Crippen LogP contribution in [0.1, 0.15) is 15.3 Å². The molecule has 0 aliphatic rings. The van der Waals surface area contributed by atoms with Gasteiger partial charge < -0.3 is 7.85 Å². The summed E-state index contributed by atoms with van der Waals surface area (Å²) in [5.74, 6) is 0. The second kappa shape index (κ2) is 19.4. The van der Waals surface area contributed by atoms with E-state index in [0.717, 1.165) is 0 Å². The summed E-state index contributed by atoms with van der Waals surface area (Å²) in [6, 6.07) is 0. The zero-order valence-corrected chi connectivity index (χ0v) is 4.82. The van der Waals surface area contributed by atoms with Crippen LogP contribution in [0.5, 0.6) is 0 Å². The van der Waals surface area contributed by atoms with Gasteiger partial charge in [-0.15, -0.1) is 0 Å². The molecule has 0 nitrogen and oxygen atoms in total. The largest absolute Gasteiger partial charge is 1.00 e. The van der Waals surface area contributed by atoms with Crippen molar-refractivity contribution in [2.75, 3.05) is 0 Å². The molecule has 0 fully saturated rings. The van der Waals surface area contributed by atoms with Crippen molar-refractivity contribution in [3.63, 3.8) is 0 Å². The van der Waals surface area contributed by atoms with E-state index in [1.807, 2.05) is 20.3 Å². The van der Waals surface area contributed by atoms with Crippen LogP contribution in [0.25, 0.3) is 0 Å². The van der Waals surface area contributed by atoms with Crippen molar-refractivity contribution in [1.29, 1.82) is 0 Å². The Hall–Kier alpha value is 1.12. The van der Waals surface area contributed by atoms with Gasteiger partial charge in [-0.25, -0.2) is 0 Å². The Morgan fingerprint density at radius 1 is 1.40 bits per heavy atom.